The van der Waals surface area contributed by atoms with Crippen LogP contribution in [0, 0.1) is 40.4 Å². The largest absolute Gasteiger partial charge is 3.00 e. The third-order valence-electron chi connectivity index (χ3n) is 0. The van der Waals surface area contributed by atoms with Crippen molar-refractivity contribution in [3.05, 3.63) is 0 Å². The summed E-state index contributed by atoms with van der Waals surface area (Å²) >= 11 is 0. The van der Waals surface area contributed by atoms with E-state index in [2.05, 4.69) is 0 Å². The Hall–Kier alpha value is -0.806. The van der Waals surface area contributed by atoms with Gasteiger partial charge in [-0.2, -0.15) is 0 Å². The van der Waals surface area contributed by atoms with Crippen molar-refractivity contribution in [3.8, 4) is 0 Å². The topological polar surface area (TPSA) is 201 Å². The van der Waals surface area contributed by atoms with Gasteiger partial charge in [-0.1, -0.05) is 0 Å². The van der Waals surface area contributed by atoms with Gasteiger partial charge in [-0.25, -0.2) is 0 Å². The number of carboxylic acids is 5. The summed E-state index contributed by atoms with van der Waals surface area (Å²) in [4.78, 5) is 44.4. The summed E-state index contributed by atoms with van der Waals surface area (Å²) in [5, 5.41) is 44.4. The van der Waals surface area contributed by atoms with Gasteiger partial charge in [0.15, 0.2) is 0 Å². The summed E-state index contributed by atoms with van der Waals surface area (Å²) < 4.78 is 0. The van der Waals surface area contributed by atoms with Gasteiger partial charge in [0.05, 0.1) is 0 Å². The van der Waals surface area contributed by atoms with E-state index in [1.165, 1.54) is 0 Å². The van der Waals surface area contributed by atoms with Gasteiger partial charge < -0.3 is 49.5 Å². The molecule has 0 atom stereocenters. The van der Waals surface area contributed by atoms with Crippen LogP contribution in [0.1, 0.15) is 34.6 Å². The van der Waals surface area contributed by atoms with E-state index in [1.54, 1.807) is 0 Å². The Bertz CT molecular complexity index is 216. The Balaban J connectivity index is -0.0000000250. The molecule has 0 aliphatic rings. The molecule has 0 rings (SSSR count). The van der Waals surface area contributed by atoms with E-state index in [4.69, 9.17) is 49.5 Å². The van der Waals surface area contributed by atoms with E-state index in [0.29, 0.717) is 0 Å². The van der Waals surface area contributed by atoms with Crippen molar-refractivity contribution in [3.63, 3.8) is 0 Å². The normalized spacial score (nSPS) is 5.68. The Kier molecular flexibility index (Phi) is 72.0. The molecule has 0 fully saturated rings. The van der Waals surface area contributed by atoms with Crippen molar-refractivity contribution >= 4 is 29.8 Å². The van der Waals surface area contributed by atoms with Gasteiger partial charge in [-0.3, -0.25) is 0 Å². The third kappa shape index (κ3) is 9780. The van der Waals surface area contributed by atoms with Crippen molar-refractivity contribution in [1.82, 2.24) is 0 Å². The Morgan fingerprint density at radius 1 is 0.455 bits per heavy atom. The first-order chi connectivity index (χ1) is 8.66. The third-order valence-corrected chi connectivity index (χ3v) is 0. The summed E-state index contributed by atoms with van der Waals surface area (Å²) in [6, 6.07) is 0. The van der Waals surface area contributed by atoms with Crippen LogP contribution in [0.5, 0.6) is 0 Å². The molecule has 130 valence electrons. The minimum absolute atomic E-state index is 0. The van der Waals surface area contributed by atoms with Crippen LogP contribution in [0.3, 0.4) is 0 Å². The smallest absolute Gasteiger partial charge is 0.550 e. The maximum absolute atomic E-state index is 8.89. The summed E-state index contributed by atoms with van der Waals surface area (Å²) in [6.45, 7) is 4.86. The fourth-order valence-electron chi connectivity index (χ4n) is 0. The van der Waals surface area contributed by atoms with E-state index < -0.39 is 29.8 Å². The second-order valence-corrected chi connectivity index (χ2v) is 2.46. The van der Waals surface area contributed by atoms with E-state index in [-0.39, 0.29) is 57.2 Å². The van der Waals surface area contributed by atoms with Crippen molar-refractivity contribution in [2.24, 2.45) is 0 Å². The number of carbonyl (C=O) groups excluding carboxylic acids is 5. The first-order valence-corrected chi connectivity index (χ1v) is 4.54. The fraction of sp³-hybridized carbons (Fsp3) is 0.500. The predicted molar refractivity (Wildman–Crippen MR) is 53.4 cm³/mol. The maximum Gasteiger partial charge on any atom is 3.00 e. The minimum Gasteiger partial charge on any atom is -0.550 e. The molecule has 10 nitrogen and oxygen atoms in total. The predicted octanol–water partition coefficient (Wildman–Crippen LogP) is -6.22. The molecule has 0 aromatic heterocycles. The SMILES string of the molecule is CC(=O)[O-].CC(=O)[O-].CC(=O)[O-].CC(=O)[O-].CC(=O)[O-].[Co+2].[Sm+3]. The van der Waals surface area contributed by atoms with Crippen LogP contribution in [0.2, 0.25) is 0 Å². The summed E-state index contributed by atoms with van der Waals surface area (Å²) in [7, 11) is 0. The van der Waals surface area contributed by atoms with Gasteiger partial charge in [0.25, 0.3) is 0 Å². The molecule has 0 aliphatic carbocycles. The van der Waals surface area contributed by atoms with E-state index in [1.807, 2.05) is 0 Å². The number of hydrogen-bond acceptors (Lipinski definition) is 10. The molecule has 12 heteroatoms. The Morgan fingerprint density at radius 3 is 0.455 bits per heavy atom. The molecule has 0 saturated carbocycles. The minimum atomic E-state index is -1.08. The zero-order chi connectivity index (χ0) is 17.9. The molecule has 0 unspecified atom stereocenters. The van der Waals surface area contributed by atoms with Crippen molar-refractivity contribution in [2.75, 3.05) is 0 Å². The van der Waals surface area contributed by atoms with Gasteiger partial charge in [0.2, 0.25) is 0 Å². The van der Waals surface area contributed by atoms with Gasteiger partial charge in [-0.15, -0.1) is 0 Å². The Morgan fingerprint density at radius 2 is 0.455 bits per heavy atom. The number of carboxylic acid groups (broad SMARTS) is 5. The van der Waals surface area contributed by atoms with E-state index in [9.17, 15) is 0 Å². The summed E-state index contributed by atoms with van der Waals surface area (Å²) in [5.41, 5.74) is 0. The van der Waals surface area contributed by atoms with Crippen molar-refractivity contribution in [1.29, 1.82) is 0 Å². The number of carbonyl (C=O) groups is 5. The molecule has 22 heavy (non-hydrogen) atoms. The van der Waals surface area contributed by atoms with E-state index >= 15 is 0 Å². The zero-order valence-electron chi connectivity index (χ0n) is 12.3. The molecule has 0 N–H and O–H groups in total. The van der Waals surface area contributed by atoms with Crippen molar-refractivity contribution < 1.29 is 107 Å². The second kappa shape index (κ2) is 36.9. The maximum atomic E-state index is 8.89. The fourth-order valence-corrected chi connectivity index (χ4v) is 0. The average molecular weight is 505 g/mol. The average Bonchev–Trinajstić information content (AvgIpc) is 1.94. The molecule has 0 amide bonds. The zero-order valence-corrected chi connectivity index (χ0v) is 16.0. The number of hydrogen-bond donors (Lipinski definition) is 0. The van der Waals surface area contributed by atoms with Crippen LogP contribution in [-0.4, -0.2) is 29.8 Å². The molecule has 0 saturated heterocycles. The number of aliphatic carboxylic acids is 5. The molecule has 0 bridgehead atoms. The van der Waals surface area contributed by atoms with Gasteiger partial charge in [-0.05, 0) is 34.6 Å². The van der Waals surface area contributed by atoms with Crippen molar-refractivity contribution in [2.45, 2.75) is 34.6 Å². The summed E-state index contributed by atoms with van der Waals surface area (Å²) in [5.74, 6) is -5.42. The van der Waals surface area contributed by atoms with Gasteiger partial charge >= 0.3 is 57.2 Å². The van der Waals surface area contributed by atoms with Crippen LogP contribution in [-0.2, 0) is 40.8 Å². The van der Waals surface area contributed by atoms with Crippen LogP contribution in [0.15, 0.2) is 0 Å². The van der Waals surface area contributed by atoms with Crippen LogP contribution in [0.4, 0.5) is 0 Å². The molecule has 0 aliphatic heterocycles. The molecule has 0 aromatic rings. The molecule has 2 radical (unpaired) electrons. The van der Waals surface area contributed by atoms with Crippen LogP contribution < -0.4 is 25.5 Å². The standard InChI is InChI=1S/5C2H4O2.Co.Sm/c5*1-2(3)4;;/h5*1H3,(H,3,4);;/q;;;;;+2;+3/p-5. The first-order valence-electron chi connectivity index (χ1n) is 4.54. The summed E-state index contributed by atoms with van der Waals surface area (Å²) in [6.07, 6.45) is 0. The van der Waals surface area contributed by atoms with Gasteiger partial charge in [0, 0.05) is 29.8 Å². The molecule has 0 heterocycles. The molecule has 0 aromatic carbocycles. The molecular weight excluding hydrogens is 489 g/mol. The quantitative estimate of drug-likeness (QED) is 0.305. The first kappa shape index (κ1) is 42.9. The second-order valence-electron chi connectivity index (χ2n) is 2.46. The number of rotatable bonds is 0. The van der Waals surface area contributed by atoms with Crippen LogP contribution >= 0.6 is 0 Å². The van der Waals surface area contributed by atoms with Gasteiger partial charge in [0.1, 0.15) is 0 Å². The molecular formula is C10H15CoO10Sm. The molecule has 0 spiro atoms. The van der Waals surface area contributed by atoms with E-state index in [0.717, 1.165) is 34.6 Å². The monoisotopic (exact) mass is 506 g/mol. The van der Waals surface area contributed by atoms with Crippen LogP contribution in [0.25, 0.3) is 0 Å². The Labute approximate surface area is 170 Å².